The number of aromatic amines is 1. The number of hydrogen-bond acceptors (Lipinski definition) is 5. The third-order valence-electron chi connectivity index (χ3n) is 5.90. The smallest absolute Gasteiger partial charge is 0.254 e. The summed E-state index contributed by atoms with van der Waals surface area (Å²) in [6, 6.07) is 4.94. The number of carbonyl (C=O) groups excluding carboxylic acids is 2. The van der Waals surface area contributed by atoms with Gasteiger partial charge < -0.3 is 15.2 Å². The molecule has 1 aromatic heterocycles. The van der Waals surface area contributed by atoms with Gasteiger partial charge in [-0.15, -0.1) is 0 Å². The zero-order valence-corrected chi connectivity index (χ0v) is 19.5. The van der Waals surface area contributed by atoms with Crippen LogP contribution in [0.1, 0.15) is 41.6 Å². The molecule has 0 radical (unpaired) electrons. The van der Waals surface area contributed by atoms with Gasteiger partial charge in [-0.3, -0.25) is 14.4 Å². The van der Waals surface area contributed by atoms with Crippen LogP contribution in [-0.4, -0.2) is 46.0 Å². The first-order valence-corrected chi connectivity index (χ1v) is 11.9. The van der Waals surface area contributed by atoms with Crippen molar-refractivity contribution in [1.82, 2.24) is 20.2 Å². The third-order valence-corrected chi connectivity index (χ3v) is 6.48. The average molecular weight is 461 g/mol. The van der Waals surface area contributed by atoms with E-state index in [-0.39, 0.29) is 42.1 Å². The van der Waals surface area contributed by atoms with E-state index in [1.807, 2.05) is 6.26 Å². The van der Waals surface area contributed by atoms with Crippen molar-refractivity contribution in [2.75, 3.05) is 19.3 Å². The van der Waals surface area contributed by atoms with Crippen molar-refractivity contribution in [3.63, 3.8) is 0 Å². The SMILES string of the molecule is CSc1nc(C)c(CCC(=O)N2CCC(C(=O)NCc3ccc(C)c(F)c3)CC2)c(=O)[nH]1. The molecule has 0 bridgehead atoms. The number of H-pyrrole nitrogens is 1. The van der Waals surface area contributed by atoms with Gasteiger partial charge in [0, 0.05) is 43.2 Å². The molecule has 0 unspecified atom stereocenters. The molecule has 2 heterocycles. The van der Waals surface area contributed by atoms with E-state index in [1.54, 1.807) is 30.9 Å². The highest BCUT2D eigenvalue weighted by Gasteiger charge is 2.27. The minimum absolute atomic E-state index is 0.0215. The highest BCUT2D eigenvalue weighted by molar-refractivity contribution is 7.98. The number of aryl methyl sites for hydroxylation is 2. The third kappa shape index (κ3) is 5.97. The summed E-state index contributed by atoms with van der Waals surface area (Å²) >= 11 is 1.37. The lowest BCUT2D eigenvalue weighted by Gasteiger charge is -2.31. The summed E-state index contributed by atoms with van der Waals surface area (Å²) in [7, 11) is 0. The van der Waals surface area contributed by atoms with Gasteiger partial charge in [-0.2, -0.15) is 0 Å². The fraction of sp³-hybridized carbons (Fsp3) is 0.478. The number of amides is 2. The Morgan fingerprint density at radius 2 is 2.00 bits per heavy atom. The number of thioether (sulfide) groups is 1. The Kier molecular flexibility index (Phi) is 8.06. The zero-order chi connectivity index (χ0) is 23.3. The maximum atomic E-state index is 13.7. The van der Waals surface area contributed by atoms with E-state index in [0.29, 0.717) is 54.3 Å². The first kappa shape index (κ1) is 24.0. The van der Waals surface area contributed by atoms with Crippen LogP contribution in [0.25, 0.3) is 0 Å². The topological polar surface area (TPSA) is 95.2 Å². The first-order chi connectivity index (χ1) is 15.3. The summed E-state index contributed by atoms with van der Waals surface area (Å²) in [5, 5.41) is 3.44. The van der Waals surface area contributed by atoms with Crippen LogP contribution in [0.15, 0.2) is 28.2 Å². The van der Waals surface area contributed by atoms with Gasteiger partial charge in [-0.1, -0.05) is 23.9 Å². The van der Waals surface area contributed by atoms with Crippen LogP contribution in [0.4, 0.5) is 4.39 Å². The molecular formula is C23H29FN4O3S. The van der Waals surface area contributed by atoms with Crippen LogP contribution in [-0.2, 0) is 22.6 Å². The number of nitrogens with one attached hydrogen (secondary N) is 2. The van der Waals surface area contributed by atoms with Crippen LogP contribution < -0.4 is 10.9 Å². The highest BCUT2D eigenvalue weighted by atomic mass is 32.2. The molecule has 9 heteroatoms. The summed E-state index contributed by atoms with van der Waals surface area (Å²) in [4.78, 5) is 46.1. The Bertz CT molecular complexity index is 1050. The molecule has 1 aromatic carbocycles. The minimum atomic E-state index is -0.281. The molecular weight excluding hydrogens is 431 g/mol. The maximum Gasteiger partial charge on any atom is 0.254 e. The Labute approximate surface area is 191 Å². The van der Waals surface area contributed by atoms with Gasteiger partial charge in [0.15, 0.2) is 5.16 Å². The number of rotatable bonds is 7. The number of hydrogen-bond donors (Lipinski definition) is 2. The molecule has 172 valence electrons. The first-order valence-electron chi connectivity index (χ1n) is 10.7. The van der Waals surface area contributed by atoms with E-state index in [2.05, 4.69) is 15.3 Å². The van der Waals surface area contributed by atoms with Gasteiger partial charge in [-0.05, 0) is 56.6 Å². The predicted octanol–water partition coefficient (Wildman–Crippen LogP) is 2.74. The number of carbonyl (C=O) groups is 2. The molecule has 32 heavy (non-hydrogen) atoms. The van der Waals surface area contributed by atoms with Crippen molar-refractivity contribution in [2.24, 2.45) is 5.92 Å². The van der Waals surface area contributed by atoms with Crippen molar-refractivity contribution in [2.45, 2.75) is 51.2 Å². The molecule has 1 saturated heterocycles. The van der Waals surface area contributed by atoms with E-state index in [1.165, 1.54) is 17.8 Å². The molecule has 0 aliphatic carbocycles. The van der Waals surface area contributed by atoms with Crippen molar-refractivity contribution < 1.29 is 14.0 Å². The number of aromatic nitrogens is 2. The second-order valence-corrected chi connectivity index (χ2v) is 8.89. The Morgan fingerprint density at radius 3 is 2.62 bits per heavy atom. The molecule has 1 aliphatic heterocycles. The maximum absolute atomic E-state index is 13.7. The molecule has 1 aliphatic rings. The second kappa shape index (κ2) is 10.8. The molecule has 2 amide bonds. The molecule has 2 N–H and O–H groups in total. The monoisotopic (exact) mass is 460 g/mol. The van der Waals surface area contributed by atoms with Gasteiger partial charge >= 0.3 is 0 Å². The largest absolute Gasteiger partial charge is 0.352 e. The standard InChI is InChI=1S/C23H29FN4O3S/c1-14-4-5-16(12-19(14)24)13-25-21(30)17-8-10-28(11-9-17)20(29)7-6-18-15(2)26-23(32-3)27-22(18)31/h4-5,12,17H,6-11,13H2,1-3H3,(H,25,30)(H,26,27,31). The number of nitrogens with zero attached hydrogens (tertiary/aromatic N) is 2. The van der Waals surface area contributed by atoms with E-state index in [9.17, 15) is 18.8 Å². The summed E-state index contributed by atoms with van der Waals surface area (Å²) in [6.07, 6.45) is 3.59. The van der Waals surface area contributed by atoms with Crippen LogP contribution in [0.5, 0.6) is 0 Å². The van der Waals surface area contributed by atoms with E-state index < -0.39 is 0 Å². The van der Waals surface area contributed by atoms with E-state index in [0.717, 1.165) is 5.56 Å². The molecule has 2 aromatic rings. The lowest BCUT2D eigenvalue weighted by atomic mass is 9.95. The summed E-state index contributed by atoms with van der Waals surface area (Å²) in [6.45, 7) is 4.78. The fourth-order valence-electron chi connectivity index (χ4n) is 3.84. The average Bonchev–Trinajstić information content (AvgIpc) is 2.78. The molecule has 7 nitrogen and oxygen atoms in total. The predicted molar refractivity (Wildman–Crippen MR) is 122 cm³/mol. The Balaban J connectivity index is 1.45. The summed E-state index contributed by atoms with van der Waals surface area (Å²) < 4.78 is 13.7. The quantitative estimate of drug-likeness (QED) is 0.489. The van der Waals surface area contributed by atoms with Crippen molar-refractivity contribution in [3.05, 3.63) is 56.8 Å². The minimum Gasteiger partial charge on any atom is -0.352 e. The van der Waals surface area contributed by atoms with Gasteiger partial charge in [0.25, 0.3) is 5.56 Å². The number of benzene rings is 1. The summed E-state index contributed by atoms with van der Waals surface area (Å²) in [5.74, 6) is -0.536. The molecule has 3 rings (SSSR count). The summed E-state index contributed by atoms with van der Waals surface area (Å²) in [5.41, 5.74) is 2.29. The van der Waals surface area contributed by atoms with E-state index >= 15 is 0 Å². The fourth-order valence-corrected chi connectivity index (χ4v) is 4.26. The van der Waals surface area contributed by atoms with Crippen molar-refractivity contribution >= 4 is 23.6 Å². The zero-order valence-electron chi connectivity index (χ0n) is 18.7. The normalized spacial score (nSPS) is 14.4. The van der Waals surface area contributed by atoms with Crippen LogP contribution in [0.3, 0.4) is 0 Å². The Hall–Kier alpha value is -2.68. The number of likely N-dealkylation sites (tertiary alicyclic amines) is 1. The lowest BCUT2D eigenvalue weighted by molar-refractivity contribution is -0.135. The molecule has 0 saturated carbocycles. The second-order valence-electron chi connectivity index (χ2n) is 8.10. The van der Waals surface area contributed by atoms with Crippen LogP contribution >= 0.6 is 11.8 Å². The van der Waals surface area contributed by atoms with Gasteiger partial charge in [0.1, 0.15) is 5.82 Å². The Morgan fingerprint density at radius 1 is 1.28 bits per heavy atom. The van der Waals surface area contributed by atoms with Crippen LogP contribution in [0.2, 0.25) is 0 Å². The van der Waals surface area contributed by atoms with E-state index in [4.69, 9.17) is 0 Å². The highest BCUT2D eigenvalue weighted by Crippen LogP contribution is 2.19. The molecule has 1 fully saturated rings. The van der Waals surface area contributed by atoms with Gasteiger partial charge in [0.2, 0.25) is 11.8 Å². The van der Waals surface area contributed by atoms with Crippen molar-refractivity contribution in [3.8, 4) is 0 Å². The lowest BCUT2D eigenvalue weighted by Crippen LogP contribution is -2.43. The molecule has 0 spiro atoms. The van der Waals surface area contributed by atoms with Gasteiger partial charge in [0.05, 0.1) is 0 Å². The number of halogens is 1. The van der Waals surface area contributed by atoms with Crippen LogP contribution in [0, 0.1) is 25.6 Å². The van der Waals surface area contributed by atoms with Crippen molar-refractivity contribution in [1.29, 1.82) is 0 Å². The van der Waals surface area contributed by atoms with Gasteiger partial charge in [-0.25, -0.2) is 9.37 Å². The number of piperidine rings is 1. The molecule has 0 atom stereocenters.